The van der Waals surface area contributed by atoms with Crippen LogP contribution in [-0.2, 0) is 0 Å². The lowest BCUT2D eigenvalue weighted by Crippen LogP contribution is -2.24. The maximum Gasteiger partial charge on any atom is 0.228 e. The lowest BCUT2D eigenvalue weighted by Gasteiger charge is -2.21. The van der Waals surface area contributed by atoms with Gasteiger partial charge in [0.05, 0.1) is 16.8 Å². The first-order valence-electron chi connectivity index (χ1n) is 8.63. The molecule has 0 saturated heterocycles. The fourth-order valence-electron chi connectivity index (χ4n) is 3.05. The third-order valence-electron chi connectivity index (χ3n) is 4.55. The zero-order chi connectivity index (χ0) is 21.5. The Morgan fingerprint density at radius 3 is 1.79 bits per heavy atom. The Hall–Kier alpha value is -3.10. The fraction of sp³-hybridized carbons (Fsp3) is 0.200. The number of Topliss-reactive ketones (excluding diaryl/α,β-unsaturated/α-hetero) is 1. The molecule has 0 fully saturated rings. The van der Waals surface area contributed by atoms with E-state index in [-0.39, 0.29) is 5.69 Å². The van der Waals surface area contributed by atoms with Crippen LogP contribution in [0.25, 0.3) is 0 Å². The van der Waals surface area contributed by atoms with Crippen LogP contribution in [0, 0.1) is 23.3 Å². The number of halogens is 6. The van der Waals surface area contributed by atoms with Gasteiger partial charge in [-0.05, 0) is 38.1 Å². The topological polar surface area (TPSA) is 32.7 Å². The lowest BCUT2D eigenvalue weighted by molar-refractivity contribution is 0.0993. The summed E-state index contributed by atoms with van der Waals surface area (Å²) in [6.07, 6.45) is 0. The van der Waals surface area contributed by atoms with Crippen molar-refractivity contribution in [3.05, 3.63) is 70.3 Å². The van der Waals surface area contributed by atoms with Crippen LogP contribution in [0.1, 0.15) is 29.8 Å². The molecule has 1 aliphatic rings. The van der Waals surface area contributed by atoms with Crippen LogP contribution in [-0.4, -0.2) is 24.6 Å². The van der Waals surface area contributed by atoms with Gasteiger partial charge in [0.2, 0.25) is 11.6 Å². The molecule has 0 heterocycles. The molecule has 0 atom stereocenters. The zero-order valence-corrected chi connectivity index (χ0v) is 15.3. The van der Waals surface area contributed by atoms with Crippen LogP contribution in [0.2, 0.25) is 0 Å². The minimum Gasteiger partial charge on any atom is -0.372 e. The summed E-state index contributed by atoms with van der Waals surface area (Å²) in [5, 5.41) is 0. The summed E-state index contributed by atoms with van der Waals surface area (Å²) < 4.78 is 83.8. The molecule has 0 aliphatic heterocycles. The molecule has 9 heteroatoms. The Labute approximate surface area is 162 Å². The zero-order valence-electron chi connectivity index (χ0n) is 15.3. The van der Waals surface area contributed by atoms with Gasteiger partial charge in [0.25, 0.3) is 0 Å². The van der Waals surface area contributed by atoms with Crippen LogP contribution in [0.4, 0.5) is 37.7 Å². The Bertz CT molecular complexity index is 1060. The summed E-state index contributed by atoms with van der Waals surface area (Å²) in [4.78, 5) is 17.5. The van der Waals surface area contributed by atoms with E-state index in [0.717, 1.165) is 5.69 Å². The summed E-state index contributed by atoms with van der Waals surface area (Å²) in [5.41, 5.74) is -3.05. The first-order chi connectivity index (χ1) is 13.7. The average molecular weight is 412 g/mol. The maximum atomic E-state index is 14.4. The molecule has 0 spiro atoms. The van der Waals surface area contributed by atoms with Gasteiger partial charge in [-0.2, -0.15) is 4.39 Å². The number of carbonyl (C=O) groups is 1. The molecule has 3 nitrogen and oxygen atoms in total. The van der Waals surface area contributed by atoms with Crippen molar-refractivity contribution >= 4 is 22.9 Å². The average Bonchev–Trinajstić information content (AvgIpc) is 2.72. The second-order valence-corrected chi connectivity index (χ2v) is 6.11. The van der Waals surface area contributed by atoms with Gasteiger partial charge in [-0.3, -0.25) is 4.79 Å². The summed E-state index contributed by atoms with van der Waals surface area (Å²) in [6.45, 7) is 5.28. The van der Waals surface area contributed by atoms with Crippen LogP contribution in [0.5, 0.6) is 0 Å². The summed E-state index contributed by atoms with van der Waals surface area (Å²) in [7, 11) is 0. The number of allylic oxidation sites excluding steroid dienone is 2. The van der Waals surface area contributed by atoms with Crippen molar-refractivity contribution in [2.45, 2.75) is 13.8 Å². The Kier molecular flexibility index (Phi) is 5.50. The Morgan fingerprint density at radius 1 is 0.759 bits per heavy atom. The summed E-state index contributed by atoms with van der Waals surface area (Å²) in [6, 6.07) is 6.02. The number of rotatable bonds is 4. The largest absolute Gasteiger partial charge is 0.372 e. The van der Waals surface area contributed by atoms with Gasteiger partial charge in [-0.1, -0.05) is 0 Å². The highest BCUT2D eigenvalue weighted by Crippen LogP contribution is 2.35. The second kappa shape index (κ2) is 7.73. The molecule has 0 amide bonds. The molecule has 3 rings (SSSR count). The number of fused-ring (bicyclic) bond motifs is 1. The van der Waals surface area contributed by atoms with E-state index in [2.05, 4.69) is 4.99 Å². The van der Waals surface area contributed by atoms with Gasteiger partial charge >= 0.3 is 0 Å². The van der Waals surface area contributed by atoms with E-state index in [1.165, 1.54) is 12.1 Å². The second-order valence-electron chi connectivity index (χ2n) is 6.11. The molecule has 0 radical (unpaired) electrons. The van der Waals surface area contributed by atoms with Gasteiger partial charge in [0.1, 0.15) is 5.71 Å². The molecule has 0 bridgehead atoms. The van der Waals surface area contributed by atoms with Gasteiger partial charge in [-0.15, -0.1) is 0 Å². The van der Waals surface area contributed by atoms with Crippen molar-refractivity contribution in [1.29, 1.82) is 0 Å². The third-order valence-corrected chi connectivity index (χ3v) is 4.55. The highest BCUT2D eigenvalue weighted by molar-refractivity contribution is 6.27. The monoisotopic (exact) mass is 412 g/mol. The summed E-state index contributed by atoms with van der Waals surface area (Å²) in [5.74, 6) is -14.6. The molecule has 2 aromatic carbocycles. The lowest BCUT2D eigenvalue weighted by atomic mass is 9.91. The van der Waals surface area contributed by atoms with Crippen molar-refractivity contribution in [3.63, 3.8) is 0 Å². The van der Waals surface area contributed by atoms with Gasteiger partial charge in [-0.25, -0.2) is 26.9 Å². The summed E-state index contributed by atoms with van der Waals surface area (Å²) >= 11 is 0. The number of hydrogen-bond acceptors (Lipinski definition) is 3. The standard InChI is InChI=1S/C20H14F6N2O/c1-3-28(4-2)10-7-5-9(6-8-10)27-19-11-12(20(29)18(26)17(19)25)14(22)16(24)15(23)13(11)21/h5-8H,3-4H2,1-2H3. The van der Waals surface area contributed by atoms with Crippen LogP contribution < -0.4 is 4.90 Å². The molecular weight excluding hydrogens is 398 g/mol. The smallest absolute Gasteiger partial charge is 0.228 e. The van der Waals surface area contributed by atoms with Crippen LogP contribution >= 0.6 is 0 Å². The first-order valence-corrected chi connectivity index (χ1v) is 8.63. The van der Waals surface area contributed by atoms with Crippen molar-refractivity contribution in [1.82, 2.24) is 0 Å². The van der Waals surface area contributed by atoms with Gasteiger partial charge in [0, 0.05) is 18.8 Å². The number of ketones is 1. The molecule has 0 unspecified atom stereocenters. The number of nitrogens with zero attached hydrogens (tertiary/aromatic N) is 2. The molecule has 29 heavy (non-hydrogen) atoms. The van der Waals surface area contributed by atoms with Gasteiger partial charge in [0.15, 0.2) is 29.1 Å². The predicted octanol–water partition coefficient (Wildman–Crippen LogP) is 5.56. The molecular formula is C20H14F6N2O. The van der Waals surface area contributed by atoms with E-state index in [1.54, 1.807) is 12.1 Å². The molecule has 0 N–H and O–H groups in total. The Morgan fingerprint density at radius 2 is 1.28 bits per heavy atom. The van der Waals surface area contributed by atoms with E-state index in [9.17, 15) is 31.1 Å². The minimum atomic E-state index is -2.30. The van der Waals surface area contributed by atoms with E-state index < -0.39 is 57.5 Å². The van der Waals surface area contributed by atoms with E-state index in [4.69, 9.17) is 0 Å². The third kappa shape index (κ3) is 3.30. The van der Waals surface area contributed by atoms with Crippen molar-refractivity contribution in [2.75, 3.05) is 18.0 Å². The first kappa shape index (κ1) is 20.6. The number of hydrogen-bond donors (Lipinski definition) is 0. The SMILES string of the molecule is CCN(CC)c1ccc(N=C2C(F)=C(F)C(=O)c3c(F)c(F)c(F)c(F)c32)cc1. The fourth-order valence-corrected chi connectivity index (χ4v) is 3.05. The van der Waals surface area contributed by atoms with Crippen molar-refractivity contribution < 1.29 is 31.1 Å². The van der Waals surface area contributed by atoms with E-state index in [1.807, 2.05) is 18.7 Å². The highest BCUT2D eigenvalue weighted by atomic mass is 19.2. The normalized spacial score (nSPS) is 15.2. The minimum absolute atomic E-state index is 0.00342. The number of anilines is 1. The molecule has 0 aromatic heterocycles. The Balaban J connectivity index is 2.21. The maximum absolute atomic E-state index is 14.4. The quantitative estimate of drug-likeness (QED) is 0.374. The highest BCUT2D eigenvalue weighted by Gasteiger charge is 2.40. The molecule has 0 saturated carbocycles. The number of aliphatic imine (C=N–C) groups is 1. The van der Waals surface area contributed by atoms with Crippen molar-refractivity contribution in [3.8, 4) is 0 Å². The predicted molar refractivity (Wildman–Crippen MR) is 96.0 cm³/mol. The molecule has 152 valence electrons. The van der Waals surface area contributed by atoms with Crippen molar-refractivity contribution in [2.24, 2.45) is 4.99 Å². The number of benzene rings is 2. The van der Waals surface area contributed by atoms with Crippen LogP contribution in [0.15, 0.2) is 40.9 Å². The van der Waals surface area contributed by atoms with Crippen LogP contribution in [0.3, 0.4) is 0 Å². The van der Waals surface area contributed by atoms with E-state index >= 15 is 0 Å². The molecule has 2 aromatic rings. The molecule has 1 aliphatic carbocycles. The number of carbonyl (C=O) groups excluding carboxylic acids is 1. The van der Waals surface area contributed by atoms with Gasteiger partial charge < -0.3 is 4.90 Å². The van der Waals surface area contributed by atoms with E-state index in [0.29, 0.717) is 13.1 Å².